The van der Waals surface area contributed by atoms with Crippen molar-refractivity contribution >= 4 is 17.8 Å². The number of rotatable bonds is 6. The van der Waals surface area contributed by atoms with E-state index in [9.17, 15) is 4.79 Å². The Morgan fingerprint density at radius 2 is 1.72 bits per heavy atom. The molecule has 3 nitrogen and oxygen atoms in total. The number of anilines is 2. The summed E-state index contributed by atoms with van der Waals surface area (Å²) in [6.45, 7) is 6.45. The first-order valence-corrected chi connectivity index (χ1v) is 6.68. The van der Waals surface area contributed by atoms with Crippen LogP contribution < -0.4 is 10.6 Å². The molecule has 0 radical (unpaired) electrons. The highest BCUT2D eigenvalue weighted by Gasteiger charge is 1.98. The Bertz CT molecular complexity index is 333. The molecule has 102 valence electrons. The molecule has 0 aliphatic carbocycles. The summed E-state index contributed by atoms with van der Waals surface area (Å²) in [7, 11) is 1.82. The highest BCUT2D eigenvalue weighted by atomic mass is 16.1. The van der Waals surface area contributed by atoms with Crippen molar-refractivity contribution in [1.29, 1.82) is 0 Å². The van der Waals surface area contributed by atoms with E-state index in [2.05, 4.69) is 24.5 Å². The highest BCUT2D eigenvalue weighted by Crippen LogP contribution is 2.21. The van der Waals surface area contributed by atoms with Crippen LogP contribution in [0.25, 0.3) is 0 Å². The van der Waals surface area contributed by atoms with Crippen LogP contribution in [0.15, 0.2) is 18.2 Å². The first-order chi connectivity index (χ1) is 8.69. The van der Waals surface area contributed by atoms with Gasteiger partial charge in [0.2, 0.25) is 6.41 Å². The Hall–Kier alpha value is -1.51. The van der Waals surface area contributed by atoms with E-state index < -0.39 is 0 Å². The molecule has 0 saturated heterocycles. The maximum Gasteiger partial charge on any atom is 0.211 e. The van der Waals surface area contributed by atoms with Crippen molar-refractivity contribution in [2.75, 3.05) is 17.7 Å². The zero-order chi connectivity index (χ0) is 13.8. The maximum absolute atomic E-state index is 10.2. The van der Waals surface area contributed by atoms with Crippen molar-refractivity contribution < 1.29 is 4.79 Å². The molecule has 0 aliphatic rings. The van der Waals surface area contributed by atoms with Gasteiger partial charge in [-0.1, -0.05) is 45.6 Å². The summed E-state index contributed by atoms with van der Waals surface area (Å²) in [5.74, 6) is 0. The summed E-state index contributed by atoms with van der Waals surface area (Å²) >= 11 is 0. The molecular weight excluding hydrogens is 224 g/mol. The summed E-state index contributed by atoms with van der Waals surface area (Å²) in [6, 6.07) is 5.84. The molecule has 2 N–H and O–H groups in total. The molecule has 0 unspecified atom stereocenters. The first-order valence-electron chi connectivity index (χ1n) is 6.68. The minimum absolute atomic E-state index is 0.676. The molecule has 1 rings (SSSR count). The van der Waals surface area contributed by atoms with Gasteiger partial charge >= 0.3 is 0 Å². The molecule has 3 heteroatoms. The SMILES string of the molecule is CCCCCC.CNc1ccc(C)cc1NC=O. The van der Waals surface area contributed by atoms with Crippen LogP contribution in [-0.4, -0.2) is 13.5 Å². The first kappa shape index (κ1) is 16.5. The van der Waals surface area contributed by atoms with Crippen LogP contribution in [0.1, 0.15) is 45.1 Å². The number of hydrogen-bond donors (Lipinski definition) is 2. The Labute approximate surface area is 111 Å². The van der Waals surface area contributed by atoms with E-state index in [1.54, 1.807) is 0 Å². The summed E-state index contributed by atoms with van der Waals surface area (Å²) in [5.41, 5.74) is 2.86. The molecule has 0 spiro atoms. The van der Waals surface area contributed by atoms with E-state index in [0.29, 0.717) is 6.41 Å². The van der Waals surface area contributed by atoms with E-state index in [4.69, 9.17) is 0 Å². The summed E-state index contributed by atoms with van der Waals surface area (Å²) in [4.78, 5) is 10.2. The molecule has 18 heavy (non-hydrogen) atoms. The zero-order valence-electron chi connectivity index (χ0n) is 12.0. The molecule has 0 aromatic heterocycles. The number of carbonyl (C=O) groups excluding carboxylic acids is 1. The van der Waals surface area contributed by atoms with Crippen LogP contribution in [0, 0.1) is 6.92 Å². The van der Waals surface area contributed by atoms with Crippen molar-refractivity contribution in [3.05, 3.63) is 23.8 Å². The molecule has 0 aliphatic heterocycles. The van der Waals surface area contributed by atoms with Gasteiger partial charge in [-0.3, -0.25) is 4.79 Å². The predicted molar refractivity (Wildman–Crippen MR) is 80.2 cm³/mol. The number of benzene rings is 1. The van der Waals surface area contributed by atoms with Crippen molar-refractivity contribution in [2.45, 2.75) is 46.5 Å². The van der Waals surface area contributed by atoms with Crippen LogP contribution in [-0.2, 0) is 4.79 Å². The second kappa shape index (κ2) is 10.6. The molecule has 1 aromatic carbocycles. The summed E-state index contributed by atoms with van der Waals surface area (Å²) in [6.07, 6.45) is 6.21. The zero-order valence-corrected chi connectivity index (χ0v) is 12.0. The number of nitrogens with one attached hydrogen (secondary N) is 2. The van der Waals surface area contributed by atoms with Crippen molar-refractivity contribution in [3.63, 3.8) is 0 Å². The highest BCUT2D eigenvalue weighted by molar-refractivity contribution is 5.81. The number of amides is 1. The minimum atomic E-state index is 0.676. The average Bonchev–Trinajstić information content (AvgIpc) is 2.38. The molecule has 1 amide bonds. The van der Waals surface area contributed by atoms with Gasteiger partial charge in [0.1, 0.15) is 0 Å². The summed E-state index contributed by atoms with van der Waals surface area (Å²) < 4.78 is 0. The van der Waals surface area contributed by atoms with Gasteiger partial charge in [0.25, 0.3) is 0 Å². The quantitative estimate of drug-likeness (QED) is 0.587. The largest absolute Gasteiger partial charge is 0.386 e. The van der Waals surface area contributed by atoms with E-state index >= 15 is 0 Å². The number of hydrogen-bond acceptors (Lipinski definition) is 2. The van der Waals surface area contributed by atoms with Gasteiger partial charge in [0.15, 0.2) is 0 Å². The number of carbonyl (C=O) groups is 1. The third-order valence-electron chi connectivity index (χ3n) is 2.62. The normalized spacial score (nSPS) is 9.11. The Morgan fingerprint density at radius 1 is 1.11 bits per heavy atom. The second-order valence-corrected chi connectivity index (χ2v) is 4.27. The standard InChI is InChI=1S/C9H12N2O.C6H14/c1-7-3-4-8(10-2)9(5-7)11-6-12;1-3-5-6-4-2/h3-6,10H,1-2H3,(H,11,12);3-6H2,1-2H3. The van der Waals surface area contributed by atoms with Crippen molar-refractivity contribution in [2.24, 2.45) is 0 Å². The van der Waals surface area contributed by atoms with E-state index in [1.165, 1.54) is 25.7 Å². The molecular formula is C15H26N2O. The monoisotopic (exact) mass is 250 g/mol. The number of aryl methyl sites for hydroxylation is 1. The smallest absolute Gasteiger partial charge is 0.211 e. The van der Waals surface area contributed by atoms with Gasteiger partial charge in [-0.15, -0.1) is 0 Å². The van der Waals surface area contributed by atoms with Gasteiger partial charge in [-0.2, -0.15) is 0 Å². The average molecular weight is 250 g/mol. The lowest BCUT2D eigenvalue weighted by Crippen LogP contribution is -1.99. The Kier molecular flexibility index (Phi) is 9.74. The van der Waals surface area contributed by atoms with E-state index in [1.807, 2.05) is 32.2 Å². The molecule has 0 bridgehead atoms. The fraction of sp³-hybridized carbons (Fsp3) is 0.533. The van der Waals surface area contributed by atoms with Gasteiger partial charge in [0.05, 0.1) is 11.4 Å². The summed E-state index contributed by atoms with van der Waals surface area (Å²) in [5, 5.41) is 5.61. The van der Waals surface area contributed by atoms with Gasteiger partial charge in [-0.05, 0) is 24.6 Å². The minimum Gasteiger partial charge on any atom is -0.386 e. The third-order valence-corrected chi connectivity index (χ3v) is 2.62. The molecule has 0 saturated carbocycles. The molecule has 0 atom stereocenters. The fourth-order valence-electron chi connectivity index (χ4n) is 1.56. The Balaban J connectivity index is 0.000000411. The predicted octanol–water partition coefficient (Wildman–Crippen LogP) is 4.19. The lowest BCUT2D eigenvalue weighted by Gasteiger charge is -2.07. The van der Waals surface area contributed by atoms with Crippen molar-refractivity contribution in [3.8, 4) is 0 Å². The van der Waals surface area contributed by atoms with Crippen LogP contribution >= 0.6 is 0 Å². The molecule has 1 aromatic rings. The van der Waals surface area contributed by atoms with Gasteiger partial charge in [0, 0.05) is 7.05 Å². The van der Waals surface area contributed by atoms with E-state index in [0.717, 1.165) is 16.9 Å². The van der Waals surface area contributed by atoms with Gasteiger partial charge < -0.3 is 10.6 Å². The number of unbranched alkanes of at least 4 members (excludes halogenated alkanes) is 3. The maximum atomic E-state index is 10.2. The third kappa shape index (κ3) is 6.94. The topological polar surface area (TPSA) is 41.1 Å². The van der Waals surface area contributed by atoms with Crippen LogP contribution in [0.5, 0.6) is 0 Å². The van der Waals surface area contributed by atoms with Crippen LogP contribution in [0.4, 0.5) is 11.4 Å². The van der Waals surface area contributed by atoms with Crippen LogP contribution in [0.2, 0.25) is 0 Å². The van der Waals surface area contributed by atoms with Crippen molar-refractivity contribution in [1.82, 2.24) is 0 Å². The fourth-order valence-corrected chi connectivity index (χ4v) is 1.56. The molecule has 0 fully saturated rings. The van der Waals surface area contributed by atoms with E-state index in [-0.39, 0.29) is 0 Å². The lowest BCUT2D eigenvalue weighted by atomic mass is 10.2. The molecule has 0 heterocycles. The van der Waals surface area contributed by atoms with Crippen LogP contribution in [0.3, 0.4) is 0 Å². The Morgan fingerprint density at radius 3 is 2.17 bits per heavy atom. The van der Waals surface area contributed by atoms with Gasteiger partial charge in [-0.25, -0.2) is 0 Å². The second-order valence-electron chi connectivity index (χ2n) is 4.27. The lowest BCUT2D eigenvalue weighted by molar-refractivity contribution is -0.105.